The molecule has 0 bridgehead atoms. The second-order valence-electron chi connectivity index (χ2n) is 9.26. The van der Waals surface area contributed by atoms with Crippen LogP contribution in [0.2, 0.25) is 0 Å². The fourth-order valence-electron chi connectivity index (χ4n) is 3.64. The van der Waals surface area contributed by atoms with Gasteiger partial charge in [0.2, 0.25) is 5.91 Å². The first-order valence-electron chi connectivity index (χ1n) is 9.96. The lowest BCUT2D eigenvalue weighted by Gasteiger charge is -2.44. The van der Waals surface area contributed by atoms with E-state index in [9.17, 15) is 4.79 Å². The average Bonchev–Trinajstić information content (AvgIpc) is 3.06. The van der Waals surface area contributed by atoms with Gasteiger partial charge in [-0.15, -0.1) is 0 Å². The van der Waals surface area contributed by atoms with Crippen LogP contribution >= 0.6 is 0 Å². The van der Waals surface area contributed by atoms with E-state index in [1.165, 1.54) is 0 Å². The molecule has 1 fully saturated rings. The molecule has 29 heavy (non-hydrogen) atoms. The minimum atomic E-state index is -0.772. The number of aromatic nitrogens is 3. The average molecular weight is 401 g/mol. The standard InChI is InChI=1S/C22H32N4O3/c1-20(2,3)26-18(12-16(25-26)15-13-22(14-15,28-6)29-7)24-19(27)21(4,5)17-10-8-9-11-23-17/h8-12,15H,13-14H2,1-7H3,(H,24,27). The summed E-state index contributed by atoms with van der Waals surface area (Å²) in [5.74, 6) is 0.275. The van der Waals surface area contributed by atoms with Gasteiger partial charge in [0.05, 0.1) is 22.3 Å². The van der Waals surface area contributed by atoms with Gasteiger partial charge in [0.1, 0.15) is 5.82 Å². The van der Waals surface area contributed by atoms with E-state index in [0.717, 1.165) is 24.2 Å². The Morgan fingerprint density at radius 2 is 1.83 bits per heavy atom. The normalized spacial score (nSPS) is 17.1. The molecule has 0 aliphatic heterocycles. The van der Waals surface area contributed by atoms with Gasteiger partial charge in [0, 0.05) is 45.2 Å². The molecule has 1 aliphatic carbocycles. The molecule has 2 aromatic rings. The summed E-state index contributed by atoms with van der Waals surface area (Å²) in [5, 5.41) is 7.91. The van der Waals surface area contributed by atoms with Crippen molar-refractivity contribution in [3.05, 3.63) is 41.9 Å². The summed E-state index contributed by atoms with van der Waals surface area (Å²) >= 11 is 0. The quantitative estimate of drug-likeness (QED) is 0.746. The van der Waals surface area contributed by atoms with Crippen molar-refractivity contribution in [2.75, 3.05) is 19.5 Å². The number of rotatable bonds is 6. The van der Waals surface area contributed by atoms with Crippen LogP contribution in [0.4, 0.5) is 5.82 Å². The number of pyridine rings is 1. The van der Waals surface area contributed by atoms with Gasteiger partial charge in [-0.25, -0.2) is 4.68 Å². The van der Waals surface area contributed by atoms with Gasteiger partial charge < -0.3 is 14.8 Å². The monoisotopic (exact) mass is 400 g/mol. The van der Waals surface area contributed by atoms with Crippen LogP contribution in [0.5, 0.6) is 0 Å². The fraction of sp³-hybridized carbons (Fsp3) is 0.591. The van der Waals surface area contributed by atoms with E-state index in [4.69, 9.17) is 14.6 Å². The number of nitrogens with one attached hydrogen (secondary N) is 1. The number of ether oxygens (including phenoxy) is 2. The second kappa shape index (κ2) is 7.54. The van der Waals surface area contributed by atoms with Gasteiger partial charge in [0.15, 0.2) is 5.79 Å². The molecule has 0 saturated heterocycles. The van der Waals surface area contributed by atoms with Crippen molar-refractivity contribution in [1.82, 2.24) is 14.8 Å². The molecule has 7 heteroatoms. The number of methoxy groups -OCH3 is 2. The minimum absolute atomic E-state index is 0.120. The summed E-state index contributed by atoms with van der Waals surface area (Å²) in [6.07, 6.45) is 3.19. The van der Waals surface area contributed by atoms with Crippen molar-refractivity contribution < 1.29 is 14.3 Å². The van der Waals surface area contributed by atoms with E-state index in [-0.39, 0.29) is 17.4 Å². The highest BCUT2D eigenvalue weighted by Crippen LogP contribution is 2.47. The second-order valence-corrected chi connectivity index (χ2v) is 9.26. The number of carbonyl (C=O) groups excluding carboxylic acids is 1. The molecule has 2 aromatic heterocycles. The maximum Gasteiger partial charge on any atom is 0.237 e. The number of hydrogen-bond acceptors (Lipinski definition) is 5. The maximum atomic E-state index is 13.1. The summed E-state index contributed by atoms with van der Waals surface area (Å²) < 4.78 is 12.9. The summed E-state index contributed by atoms with van der Waals surface area (Å²) in [7, 11) is 3.33. The Labute approximate surface area is 172 Å². The summed E-state index contributed by atoms with van der Waals surface area (Å²) in [6.45, 7) is 9.96. The van der Waals surface area contributed by atoms with Gasteiger partial charge in [-0.1, -0.05) is 6.07 Å². The maximum absolute atomic E-state index is 13.1. The molecule has 0 radical (unpaired) electrons. The molecule has 158 valence electrons. The number of hydrogen-bond donors (Lipinski definition) is 1. The third kappa shape index (κ3) is 4.07. The number of carbonyl (C=O) groups is 1. The van der Waals surface area contributed by atoms with Crippen LogP contribution in [0.3, 0.4) is 0 Å². The summed E-state index contributed by atoms with van der Waals surface area (Å²) in [5.41, 5.74) is 0.616. The molecule has 1 N–H and O–H groups in total. The highest BCUT2D eigenvalue weighted by atomic mass is 16.7. The van der Waals surface area contributed by atoms with Gasteiger partial charge >= 0.3 is 0 Å². The Bertz CT molecular complexity index is 856. The zero-order chi connectivity index (χ0) is 21.4. The highest BCUT2D eigenvalue weighted by molar-refractivity contribution is 5.97. The Morgan fingerprint density at radius 3 is 2.34 bits per heavy atom. The zero-order valence-electron chi connectivity index (χ0n) is 18.4. The van der Waals surface area contributed by atoms with Crippen molar-refractivity contribution in [2.45, 2.75) is 70.1 Å². The lowest BCUT2D eigenvalue weighted by Crippen LogP contribution is -2.46. The Kier molecular flexibility index (Phi) is 5.58. The summed E-state index contributed by atoms with van der Waals surface area (Å²) in [6, 6.07) is 7.58. The van der Waals surface area contributed by atoms with E-state index in [0.29, 0.717) is 5.82 Å². The van der Waals surface area contributed by atoms with E-state index in [1.807, 2.05) is 42.8 Å². The van der Waals surface area contributed by atoms with E-state index in [1.54, 1.807) is 20.4 Å². The predicted octanol–water partition coefficient (Wildman–Crippen LogP) is 3.82. The zero-order valence-corrected chi connectivity index (χ0v) is 18.4. The van der Waals surface area contributed by atoms with Crippen molar-refractivity contribution in [3.8, 4) is 0 Å². The van der Waals surface area contributed by atoms with Crippen LogP contribution in [-0.4, -0.2) is 40.7 Å². The predicted molar refractivity (Wildman–Crippen MR) is 112 cm³/mol. The van der Waals surface area contributed by atoms with Gasteiger partial charge in [-0.05, 0) is 46.8 Å². The van der Waals surface area contributed by atoms with Gasteiger partial charge in [-0.3, -0.25) is 9.78 Å². The first kappa shape index (κ1) is 21.5. The highest BCUT2D eigenvalue weighted by Gasteiger charge is 2.47. The van der Waals surface area contributed by atoms with Crippen molar-refractivity contribution in [3.63, 3.8) is 0 Å². The first-order valence-corrected chi connectivity index (χ1v) is 9.96. The van der Waals surface area contributed by atoms with Crippen molar-refractivity contribution >= 4 is 11.7 Å². The molecular formula is C22H32N4O3. The largest absolute Gasteiger partial charge is 0.353 e. The number of amides is 1. The SMILES string of the molecule is COC1(OC)CC(c2cc(NC(=O)C(C)(C)c3ccccn3)n(C(C)(C)C)n2)C1. The van der Waals surface area contributed by atoms with Crippen LogP contribution < -0.4 is 5.32 Å². The van der Waals surface area contributed by atoms with Gasteiger partial charge in [-0.2, -0.15) is 5.10 Å². The van der Waals surface area contributed by atoms with Crippen molar-refractivity contribution in [2.24, 2.45) is 0 Å². The van der Waals surface area contributed by atoms with Crippen LogP contribution in [0.1, 0.15) is 64.8 Å². The van der Waals surface area contributed by atoms with Crippen LogP contribution in [-0.2, 0) is 25.2 Å². The molecule has 2 heterocycles. The van der Waals surface area contributed by atoms with E-state index < -0.39 is 11.2 Å². The lowest BCUT2D eigenvalue weighted by molar-refractivity contribution is -0.258. The van der Waals surface area contributed by atoms with Crippen molar-refractivity contribution in [1.29, 1.82) is 0 Å². The molecule has 1 aliphatic rings. The smallest absolute Gasteiger partial charge is 0.237 e. The molecule has 3 rings (SSSR count). The summed E-state index contributed by atoms with van der Waals surface area (Å²) in [4.78, 5) is 17.5. The van der Waals surface area contributed by atoms with Gasteiger partial charge in [0.25, 0.3) is 0 Å². The molecule has 0 aromatic carbocycles. The molecule has 0 atom stereocenters. The van der Waals surface area contributed by atoms with Crippen LogP contribution in [0.15, 0.2) is 30.5 Å². The molecule has 0 unspecified atom stereocenters. The third-order valence-corrected chi connectivity index (χ3v) is 5.76. The topological polar surface area (TPSA) is 78.3 Å². The Balaban J connectivity index is 1.85. The third-order valence-electron chi connectivity index (χ3n) is 5.76. The Hall–Kier alpha value is -2.25. The molecule has 0 spiro atoms. The number of anilines is 1. The number of nitrogens with zero attached hydrogens (tertiary/aromatic N) is 3. The molecular weight excluding hydrogens is 368 g/mol. The molecule has 1 amide bonds. The van der Waals surface area contributed by atoms with Crippen LogP contribution in [0, 0.1) is 0 Å². The minimum Gasteiger partial charge on any atom is -0.353 e. The first-order chi connectivity index (χ1) is 13.5. The van der Waals surface area contributed by atoms with Crippen LogP contribution in [0.25, 0.3) is 0 Å². The fourth-order valence-corrected chi connectivity index (χ4v) is 3.64. The van der Waals surface area contributed by atoms with E-state index >= 15 is 0 Å². The lowest BCUT2D eigenvalue weighted by atomic mass is 9.76. The Morgan fingerprint density at radius 1 is 1.17 bits per heavy atom. The molecule has 1 saturated carbocycles. The van der Waals surface area contributed by atoms with E-state index in [2.05, 4.69) is 31.1 Å². The molecule has 7 nitrogen and oxygen atoms in total.